The van der Waals surface area contributed by atoms with Crippen molar-refractivity contribution < 1.29 is 5.11 Å². The van der Waals surface area contributed by atoms with Crippen molar-refractivity contribution in [3.05, 3.63) is 52.8 Å². The summed E-state index contributed by atoms with van der Waals surface area (Å²) in [5.74, 6) is 0. The second-order valence-corrected chi connectivity index (χ2v) is 5.07. The van der Waals surface area contributed by atoms with Crippen molar-refractivity contribution in [1.82, 2.24) is 14.6 Å². The first-order chi connectivity index (χ1) is 9.31. The van der Waals surface area contributed by atoms with E-state index in [-0.39, 0.29) is 0 Å². The van der Waals surface area contributed by atoms with Gasteiger partial charge in [-0.2, -0.15) is 0 Å². The van der Waals surface area contributed by atoms with E-state index in [4.69, 9.17) is 0 Å². The van der Waals surface area contributed by atoms with Gasteiger partial charge in [-0.1, -0.05) is 29.6 Å². The summed E-state index contributed by atoms with van der Waals surface area (Å²) in [6.45, 7) is 2.01. The first-order valence-electron chi connectivity index (χ1n) is 6.13. The number of pyridine rings is 1. The van der Waals surface area contributed by atoms with Gasteiger partial charge in [0.1, 0.15) is 6.10 Å². The molecular formula is C14H13N3OS. The van der Waals surface area contributed by atoms with Gasteiger partial charge in [0.25, 0.3) is 0 Å². The topological polar surface area (TPSA) is 58.9 Å². The summed E-state index contributed by atoms with van der Waals surface area (Å²) in [4.78, 5) is 4.93. The standard InChI is InChI=1S/C14H13N3OS/c1-2-12-14(19-17-16-12)13(18)11-5-3-4-9-8-15-7-6-10(9)11/h3-8,13,18H,2H2,1H3. The van der Waals surface area contributed by atoms with Crippen LogP contribution in [0.1, 0.15) is 29.2 Å². The Kier molecular flexibility index (Phi) is 3.23. The summed E-state index contributed by atoms with van der Waals surface area (Å²) in [5.41, 5.74) is 1.74. The maximum atomic E-state index is 10.6. The van der Waals surface area contributed by atoms with Crippen molar-refractivity contribution in [1.29, 1.82) is 0 Å². The number of rotatable bonds is 3. The highest BCUT2D eigenvalue weighted by atomic mass is 32.1. The average molecular weight is 271 g/mol. The highest BCUT2D eigenvalue weighted by Gasteiger charge is 2.19. The molecule has 0 spiro atoms. The Morgan fingerprint density at radius 3 is 3.05 bits per heavy atom. The SMILES string of the molecule is CCc1nnsc1C(O)c1cccc2cnccc12. The second-order valence-electron chi connectivity index (χ2n) is 4.28. The summed E-state index contributed by atoms with van der Waals surface area (Å²) in [5, 5.41) is 16.7. The number of aryl methyl sites for hydroxylation is 1. The van der Waals surface area contributed by atoms with Crippen LogP contribution in [0.5, 0.6) is 0 Å². The molecule has 2 aromatic heterocycles. The van der Waals surface area contributed by atoms with Crippen LogP contribution in [0, 0.1) is 0 Å². The van der Waals surface area contributed by atoms with Crippen LogP contribution in [0.2, 0.25) is 0 Å². The Morgan fingerprint density at radius 2 is 2.21 bits per heavy atom. The molecule has 0 aliphatic rings. The van der Waals surface area contributed by atoms with Crippen molar-refractivity contribution in [3.8, 4) is 0 Å². The van der Waals surface area contributed by atoms with Crippen molar-refractivity contribution in [2.24, 2.45) is 0 Å². The van der Waals surface area contributed by atoms with Crippen LogP contribution in [0.25, 0.3) is 10.8 Å². The highest BCUT2D eigenvalue weighted by molar-refractivity contribution is 7.05. The van der Waals surface area contributed by atoms with Gasteiger partial charge >= 0.3 is 0 Å². The van der Waals surface area contributed by atoms with E-state index in [0.717, 1.165) is 33.3 Å². The number of fused-ring (bicyclic) bond motifs is 1. The molecule has 0 bridgehead atoms. The molecule has 19 heavy (non-hydrogen) atoms. The molecule has 1 unspecified atom stereocenters. The van der Waals surface area contributed by atoms with Gasteiger partial charge in [-0.15, -0.1) is 5.10 Å². The lowest BCUT2D eigenvalue weighted by Gasteiger charge is -2.12. The Balaban J connectivity index is 2.14. The lowest BCUT2D eigenvalue weighted by atomic mass is 10.00. The van der Waals surface area contributed by atoms with E-state index in [1.165, 1.54) is 11.5 Å². The zero-order chi connectivity index (χ0) is 13.2. The van der Waals surface area contributed by atoms with Crippen LogP contribution >= 0.6 is 11.5 Å². The molecule has 1 atom stereocenters. The van der Waals surface area contributed by atoms with Crippen LogP contribution in [-0.4, -0.2) is 19.7 Å². The van der Waals surface area contributed by atoms with Gasteiger partial charge in [-0.05, 0) is 35.0 Å². The maximum absolute atomic E-state index is 10.6. The van der Waals surface area contributed by atoms with E-state index >= 15 is 0 Å². The smallest absolute Gasteiger partial charge is 0.117 e. The molecule has 0 aliphatic carbocycles. The van der Waals surface area contributed by atoms with E-state index in [1.54, 1.807) is 12.4 Å². The number of nitrogens with zero attached hydrogens (tertiary/aromatic N) is 3. The van der Waals surface area contributed by atoms with Crippen LogP contribution in [0.15, 0.2) is 36.7 Å². The molecule has 0 saturated heterocycles. The normalized spacial score (nSPS) is 12.7. The third-order valence-electron chi connectivity index (χ3n) is 3.18. The predicted octanol–water partition coefficient (Wildman–Crippen LogP) is 2.73. The zero-order valence-electron chi connectivity index (χ0n) is 10.4. The first kappa shape index (κ1) is 12.2. The second kappa shape index (κ2) is 5.03. The zero-order valence-corrected chi connectivity index (χ0v) is 11.3. The maximum Gasteiger partial charge on any atom is 0.117 e. The molecular weight excluding hydrogens is 258 g/mol. The lowest BCUT2D eigenvalue weighted by molar-refractivity contribution is 0.224. The fourth-order valence-electron chi connectivity index (χ4n) is 2.20. The van der Waals surface area contributed by atoms with E-state index in [0.29, 0.717) is 0 Å². The fraction of sp³-hybridized carbons (Fsp3) is 0.214. The molecule has 0 radical (unpaired) electrons. The minimum Gasteiger partial charge on any atom is -0.383 e. The molecule has 1 N–H and O–H groups in total. The third-order valence-corrected chi connectivity index (χ3v) is 4.00. The van der Waals surface area contributed by atoms with E-state index in [2.05, 4.69) is 14.6 Å². The van der Waals surface area contributed by atoms with Crippen LogP contribution in [-0.2, 0) is 6.42 Å². The van der Waals surface area contributed by atoms with Crippen molar-refractivity contribution in [3.63, 3.8) is 0 Å². The Labute approximate surface area is 114 Å². The molecule has 5 heteroatoms. The number of benzene rings is 1. The molecule has 0 aliphatic heterocycles. The average Bonchev–Trinajstić information content (AvgIpc) is 2.94. The first-order valence-corrected chi connectivity index (χ1v) is 6.90. The van der Waals surface area contributed by atoms with E-state index < -0.39 is 6.10 Å². The summed E-state index contributed by atoms with van der Waals surface area (Å²) < 4.78 is 3.94. The third kappa shape index (κ3) is 2.11. The van der Waals surface area contributed by atoms with E-state index in [9.17, 15) is 5.11 Å². The largest absolute Gasteiger partial charge is 0.383 e. The van der Waals surface area contributed by atoms with Crippen molar-refractivity contribution in [2.75, 3.05) is 0 Å². The Morgan fingerprint density at radius 1 is 1.32 bits per heavy atom. The molecule has 1 aromatic carbocycles. The van der Waals surface area contributed by atoms with Crippen molar-refractivity contribution in [2.45, 2.75) is 19.4 Å². The predicted molar refractivity (Wildman–Crippen MR) is 75.1 cm³/mol. The number of aliphatic hydroxyl groups excluding tert-OH is 1. The number of hydrogen-bond acceptors (Lipinski definition) is 5. The summed E-state index contributed by atoms with van der Waals surface area (Å²) in [6, 6.07) is 7.78. The molecule has 3 aromatic rings. The van der Waals surface area contributed by atoms with E-state index in [1.807, 2.05) is 31.2 Å². The summed E-state index contributed by atoms with van der Waals surface area (Å²) in [7, 11) is 0. The molecule has 4 nitrogen and oxygen atoms in total. The van der Waals surface area contributed by atoms with Gasteiger partial charge in [0.05, 0.1) is 10.6 Å². The lowest BCUT2D eigenvalue weighted by Crippen LogP contribution is -2.01. The molecule has 0 saturated carbocycles. The number of aliphatic hydroxyl groups is 1. The molecule has 2 heterocycles. The van der Waals surface area contributed by atoms with Gasteiger partial charge in [-0.3, -0.25) is 4.98 Å². The summed E-state index contributed by atoms with van der Waals surface area (Å²) >= 11 is 1.26. The molecule has 3 rings (SSSR count). The van der Waals surface area contributed by atoms with Crippen LogP contribution in [0.3, 0.4) is 0 Å². The van der Waals surface area contributed by atoms with Crippen LogP contribution < -0.4 is 0 Å². The molecule has 0 fully saturated rings. The van der Waals surface area contributed by atoms with Crippen LogP contribution in [0.4, 0.5) is 0 Å². The van der Waals surface area contributed by atoms with Gasteiger partial charge in [0, 0.05) is 17.8 Å². The monoisotopic (exact) mass is 271 g/mol. The minimum atomic E-state index is -0.680. The van der Waals surface area contributed by atoms with Gasteiger partial charge in [0.2, 0.25) is 0 Å². The van der Waals surface area contributed by atoms with Gasteiger partial charge in [-0.25, -0.2) is 0 Å². The Bertz CT molecular complexity index is 705. The number of aromatic nitrogens is 3. The van der Waals surface area contributed by atoms with Gasteiger partial charge in [0.15, 0.2) is 0 Å². The van der Waals surface area contributed by atoms with Crippen molar-refractivity contribution >= 4 is 22.3 Å². The Hall–Kier alpha value is -1.85. The molecule has 0 amide bonds. The quantitative estimate of drug-likeness (QED) is 0.795. The fourth-order valence-corrected chi connectivity index (χ4v) is 2.94. The molecule has 96 valence electrons. The minimum absolute atomic E-state index is 0.680. The highest BCUT2D eigenvalue weighted by Crippen LogP contribution is 2.31. The summed E-state index contributed by atoms with van der Waals surface area (Å²) in [6.07, 6.45) is 3.64. The van der Waals surface area contributed by atoms with Gasteiger partial charge < -0.3 is 5.11 Å². The number of hydrogen-bond donors (Lipinski definition) is 1.